The van der Waals surface area contributed by atoms with Gasteiger partial charge in [0.25, 0.3) is 0 Å². The molecule has 0 aromatic heterocycles. The van der Waals surface area contributed by atoms with Gasteiger partial charge in [0.1, 0.15) is 0 Å². The minimum Gasteiger partial charge on any atom is -0.327 e. The maximum absolute atomic E-state index is 5.66. The van der Waals surface area contributed by atoms with Gasteiger partial charge in [-0.05, 0) is 25.7 Å². The van der Waals surface area contributed by atoms with Crippen LogP contribution >= 0.6 is 0 Å². The molecule has 0 aromatic rings. The summed E-state index contributed by atoms with van der Waals surface area (Å²) in [6.07, 6.45) is 6.76. The molecule has 1 fully saturated rings. The quantitative estimate of drug-likeness (QED) is 0.569. The highest BCUT2D eigenvalue weighted by atomic mass is 14.6. The molecule has 1 aliphatic carbocycles. The first kappa shape index (κ1) is 7.07. The van der Waals surface area contributed by atoms with Crippen molar-refractivity contribution in [1.29, 1.82) is 0 Å². The van der Waals surface area contributed by atoms with Crippen LogP contribution in [0.5, 0.6) is 0 Å². The largest absolute Gasteiger partial charge is 0.327 e. The van der Waals surface area contributed by atoms with Crippen LogP contribution in [-0.2, 0) is 0 Å². The van der Waals surface area contributed by atoms with Gasteiger partial charge in [-0.2, -0.15) is 0 Å². The summed E-state index contributed by atoms with van der Waals surface area (Å²) in [6.45, 7) is 3.84. The summed E-state index contributed by atoms with van der Waals surface area (Å²) in [5, 5.41) is 0. The SMILES string of the molecule is [CH2]C(N)C1CCCCC1. The van der Waals surface area contributed by atoms with Crippen molar-refractivity contribution < 1.29 is 0 Å². The van der Waals surface area contributed by atoms with Crippen LogP contribution < -0.4 is 5.73 Å². The molecule has 0 heterocycles. The number of hydrogen-bond donors (Lipinski definition) is 1. The van der Waals surface area contributed by atoms with E-state index in [1.165, 1.54) is 32.1 Å². The van der Waals surface area contributed by atoms with Crippen LogP contribution in [-0.4, -0.2) is 6.04 Å². The molecule has 0 spiro atoms. The summed E-state index contributed by atoms with van der Waals surface area (Å²) < 4.78 is 0. The van der Waals surface area contributed by atoms with Gasteiger partial charge in [0, 0.05) is 6.04 Å². The summed E-state index contributed by atoms with van der Waals surface area (Å²) in [6, 6.07) is 0.185. The van der Waals surface area contributed by atoms with Crippen molar-refractivity contribution in [3.63, 3.8) is 0 Å². The molecule has 1 rings (SSSR count). The molecule has 1 heteroatoms. The zero-order chi connectivity index (χ0) is 6.69. The van der Waals surface area contributed by atoms with Crippen LogP contribution in [0.3, 0.4) is 0 Å². The summed E-state index contributed by atoms with van der Waals surface area (Å²) in [5.74, 6) is 0.721. The average molecular weight is 126 g/mol. The Kier molecular flexibility index (Phi) is 2.52. The van der Waals surface area contributed by atoms with E-state index in [9.17, 15) is 0 Å². The maximum atomic E-state index is 5.66. The summed E-state index contributed by atoms with van der Waals surface area (Å²) in [4.78, 5) is 0. The molecule has 0 saturated heterocycles. The fourth-order valence-electron chi connectivity index (χ4n) is 1.56. The van der Waals surface area contributed by atoms with Crippen molar-refractivity contribution in [1.82, 2.24) is 0 Å². The van der Waals surface area contributed by atoms with Gasteiger partial charge in [0.05, 0.1) is 0 Å². The van der Waals surface area contributed by atoms with Gasteiger partial charge in [0.15, 0.2) is 0 Å². The summed E-state index contributed by atoms with van der Waals surface area (Å²) in [7, 11) is 0. The van der Waals surface area contributed by atoms with Crippen LogP contribution in [0.15, 0.2) is 0 Å². The smallest absolute Gasteiger partial charge is 0.00677 e. The first-order valence-electron chi connectivity index (χ1n) is 3.89. The molecule has 1 nitrogen and oxygen atoms in total. The fraction of sp³-hybridized carbons (Fsp3) is 0.875. The van der Waals surface area contributed by atoms with E-state index in [1.54, 1.807) is 0 Å². The molecule has 1 atom stereocenters. The van der Waals surface area contributed by atoms with Crippen molar-refractivity contribution >= 4 is 0 Å². The normalized spacial score (nSPS) is 26.0. The van der Waals surface area contributed by atoms with E-state index in [4.69, 9.17) is 5.73 Å². The lowest BCUT2D eigenvalue weighted by Crippen LogP contribution is -2.28. The fourth-order valence-corrected chi connectivity index (χ4v) is 1.56. The zero-order valence-corrected chi connectivity index (χ0v) is 5.97. The van der Waals surface area contributed by atoms with Crippen molar-refractivity contribution in [2.24, 2.45) is 11.7 Å². The van der Waals surface area contributed by atoms with E-state index in [2.05, 4.69) is 6.92 Å². The van der Waals surface area contributed by atoms with Gasteiger partial charge < -0.3 is 5.73 Å². The Hall–Kier alpha value is -0.0400. The Morgan fingerprint density at radius 3 is 2.11 bits per heavy atom. The second-order valence-electron chi connectivity index (χ2n) is 3.06. The molecule has 9 heavy (non-hydrogen) atoms. The van der Waals surface area contributed by atoms with E-state index in [0.29, 0.717) is 0 Å². The third kappa shape index (κ3) is 1.98. The standard InChI is InChI=1S/C8H16N/c1-7(9)8-5-3-2-4-6-8/h7-8H,1-6,9H2. The van der Waals surface area contributed by atoms with Gasteiger partial charge >= 0.3 is 0 Å². The van der Waals surface area contributed by atoms with Crippen LogP contribution in [0, 0.1) is 12.8 Å². The van der Waals surface area contributed by atoms with Crippen molar-refractivity contribution in [2.75, 3.05) is 0 Å². The summed E-state index contributed by atoms with van der Waals surface area (Å²) >= 11 is 0. The second kappa shape index (κ2) is 3.21. The topological polar surface area (TPSA) is 26.0 Å². The minimum atomic E-state index is 0.185. The molecule has 2 N–H and O–H groups in total. The van der Waals surface area contributed by atoms with Crippen LogP contribution in [0.2, 0.25) is 0 Å². The van der Waals surface area contributed by atoms with Gasteiger partial charge in [0.2, 0.25) is 0 Å². The van der Waals surface area contributed by atoms with Gasteiger partial charge in [-0.25, -0.2) is 0 Å². The highest BCUT2D eigenvalue weighted by molar-refractivity contribution is 4.77. The molecule has 0 bridgehead atoms. The summed E-state index contributed by atoms with van der Waals surface area (Å²) in [5.41, 5.74) is 5.66. The first-order valence-corrected chi connectivity index (χ1v) is 3.89. The second-order valence-corrected chi connectivity index (χ2v) is 3.06. The van der Waals surface area contributed by atoms with E-state index in [-0.39, 0.29) is 6.04 Å². The molecule has 1 saturated carbocycles. The predicted molar refractivity (Wildman–Crippen MR) is 39.9 cm³/mol. The highest BCUT2D eigenvalue weighted by Gasteiger charge is 2.16. The van der Waals surface area contributed by atoms with Crippen molar-refractivity contribution in [2.45, 2.75) is 38.1 Å². The van der Waals surface area contributed by atoms with Crippen molar-refractivity contribution in [3.05, 3.63) is 6.92 Å². The van der Waals surface area contributed by atoms with E-state index < -0.39 is 0 Å². The molecular formula is C8H16N. The van der Waals surface area contributed by atoms with Gasteiger partial charge in [-0.1, -0.05) is 19.3 Å². The predicted octanol–water partition coefficient (Wildman–Crippen LogP) is 1.73. The van der Waals surface area contributed by atoms with E-state index >= 15 is 0 Å². The van der Waals surface area contributed by atoms with Crippen LogP contribution in [0.1, 0.15) is 32.1 Å². The zero-order valence-electron chi connectivity index (χ0n) is 5.97. The molecule has 0 aromatic carbocycles. The van der Waals surface area contributed by atoms with Crippen LogP contribution in [0.25, 0.3) is 0 Å². The van der Waals surface area contributed by atoms with Gasteiger partial charge in [-0.3, -0.25) is 0 Å². The third-order valence-corrected chi connectivity index (χ3v) is 2.26. The molecule has 1 aliphatic rings. The molecule has 1 unspecified atom stereocenters. The molecule has 53 valence electrons. The Labute approximate surface area is 57.6 Å². The molecular weight excluding hydrogens is 110 g/mol. The monoisotopic (exact) mass is 126 g/mol. The number of hydrogen-bond acceptors (Lipinski definition) is 1. The van der Waals surface area contributed by atoms with Crippen molar-refractivity contribution in [3.8, 4) is 0 Å². The highest BCUT2D eigenvalue weighted by Crippen LogP contribution is 2.24. The first-order chi connectivity index (χ1) is 4.30. The number of rotatable bonds is 1. The average Bonchev–Trinajstić information content (AvgIpc) is 1.90. The van der Waals surface area contributed by atoms with Crippen LogP contribution in [0.4, 0.5) is 0 Å². The molecule has 0 aliphatic heterocycles. The minimum absolute atomic E-state index is 0.185. The Morgan fingerprint density at radius 2 is 1.78 bits per heavy atom. The maximum Gasteiger partial charge on any atom is 0.00677 e. The van der Waals surface area contributed by atoms with E-state index in [1.807, 2.05) is 0 Å². The van der Waals surface area contributed by atoms with E-state index in [0.717, 1.165) is 5.92 Å². The lowest BCUT2D eigenvalue weighted by atomic mass is 9.85. The third-order valence-electron chi connectivity index (χ3n) is 2.26. The lowest BCUT2D eigenvalue weighted by Gasteiger charge is -2.24. The molecule has 0 amide bonds. The Bertz CT molecular complexity index is 72.6. The Balaban J connectivity index is 2.23. The number of nitrogens with two attached hydrogens (primary N) is 1. The van der Waals surface area contributed by atoms with Gasteiger partial charge in [-0.15, -0.1) is 0 Å². The molecule has 1 radical (unpaired) electrons. The lowest BCUT2D eigenvalue weighted by molar-refractivity contribution is 0.331. The Morgan fingerprint density at radius 1 is 1.22 bits per heavy atom.